The normalized spacial score (nSPS) is 14.3. The van der Waals surface area contributed by atoms with Crippen molar-refractivity contribution in [1.29, 1.82) is 0 Å². The highest BCUT2D eigenvalue weighted by atomic mass is 16.3. The third-order valence-corrected chi connectivity index (χ3v) is 10.6. The Morgan fingerprint density at radius 1 is 0.588 bits per heavy atom. The van der Waals surface area contributed by atoms with Crippen LogP contribution in [-0.2, 0) is 6.42 Å². The van der Waals surface area contributed by atoms with Crippen molar-refractivity contribution in [1.82, 2.24) is 0 Å². The van der Waals surface area contributed by atoms with E-state index in [1.54, 1.807) is 0 Å². The third kappa shape index (κ3) is 5.36. The smallest absolute Gasteiger partial charge is 0.243 e. The summed E-state index contributed by atoms with van der Waals surface area (Å²) in [5.41, 5.74) is 11.9. The quantitative estimate of drug-likeness (QED) is 0.173. The van der Waals surface area contributed by atoms with E-state index < -0.39 is 0 Å². The molecule has 242 valence electrons. The molecule has 0 saturated carbocycles. The minimum Gasteiger partial charge on any atom is -0.456 e. The van der Waals surface area contributed by atoms with E-state index in [-0.39, 0.29) is 6.71 Å². The summed E-state index contributed by atoms with van der Waals surface area (Å²) in [7, 11) is 0. The summed E-state index contributed by atoms with van der Waals surface area (Å²) in [6.07, 6.45) is 13.3. The van der Waals surface area contributed by atoms with E-state index in [9.17, 15) is 0 Å². The molecule has 1 aliphatic carbocycles. The first-order chi connectivity index (χ1) is 25.0. The van der Waals surface area contributed by atoms with E-state index in [0.717, 1.165) is 34.5 Å². The minimum atomic E-state index is 0.00834. The average molecular weight is 653 g/mol. The van der Waals surface area contributed by atoms with Gasteiger partial charge in [0, 0.05) is 16.5 Å². The zero-order valence-electron chi connectivity index (χ0n) is 29.0. The molecule has 8 aromatic rings. The Hall–Kier alpha value is -6.12. The lowest BCUT2D eigenvalue weighted by molar-refractivity contribution is 0.601. The fourth-order valence-corrected chi connectivity index (χ4v) is 8.20. The molecule has 0 fully saturated rings. The van der Waals surface area contributed by atoms with Crippen molar-refractivity contribution in [2.45, 2.75) is 20.3 Å². The summed E-state index contributed by atoms with van der Waals surface area (Å²) in [5, 5.41) is 8.69. The molecule has 0 saturated heterocycles. The monoisotopic (exact) mass is 652 g/mol. The summed E-state index contributed by atoms with van der Waals surface area (Å²) in [4.78, 5) is 0. The predicted molar refractivity (Wildman–Crippen MR) is 221 cm³/mol. The molecule has 0 amide bonds. The van der Waals surface area contributed by atoms with Gasteiger partial charge < -0.3 is 4.42 Å². The van der Waals surface area contributed by atoms with E-state index in [4.69, 9.17) is 4.42 Å². The number of furan rings is 1. The molecule has 2 heteroatoms. The van der Waals surface area contributed by atoms with Gasteiger partial charge in [0.05, 0.1) is 0 Å². The lowest BCUT2D eigenvalue weighted by atomic mass is 9.34. The van der Waals surface area contributed by atoms with Crippen LogP contribution >= 0.6 is 0 Å². The van der Waals surface area contributed by atoms with Gasteiger partial charge in [-0.15, -0.1) is 0 Å². The summed E-state index contributed by atoms with van der Waals surface area (Å²) >= 11 is 0. The molecule has 0 unspecified atom stereocenters. The highest BCUT2D eigenvalue weighted by Gasteiger charge is 2.29. The van der Waals surface area contributed by atoms with Crippen molar-refractivity contribution in [2.75, 3.05) is 0 Å². The molecule has 1 nitrogen and oxygen atoms in total. The molecule has 1 aromatic heterocycles. The van der Waals surface area contributed by atoms with E-state index >= 15 is 0 Å². The van der Waals surface area contributed by atoms with E-state index in [1.807, 2.05) is 12.2 Å². The fourth-order valence-electron chi connectivity index (χ4n) is 8.20. The van der Waals surface area contributed by atoms with Gasteiger partial charge >= 0.3 is 0 Å². The van der Waals surface area contributed by atoms with Gasteiger partial charge in [-0.25, -0.2) is 0 Å². The van der Waals surface area contributed by atoms with Gasteiger partial charge in [0.2, 0.25) is 6.71 Å². The Bertz CT molecular complexity index is 2690. The van der Waals surface area contributed by atoms with Crippen molar-refractivity contribution in [3.63, 3.8) is 0 Å². The lowest BCUT2D eigenvalue weighted by Gasteiger charge is -2.24. The van der Waals surface area contributed by atoms with Crippen LogP contribution < -0.4 is 16.4 Å². The molecule has 0 N–H and O–H groups in total. The highest BCUT2D eigenvalue weighted by molar-refractivity contribution is 6.98. The van der Waals surface area contributed by atoms with Crippen molar-refractivity contribution in [3.8, 4) is 11.1 Å². The van der Waals surface area contributed by atoms with Crippen LogP contribution in [0.3, 0.4) is 0 Å². The molecule has 7 aromatic carbocycles. The molecular weight excluding hydrogens is 615 g/mol. The van der Waals surface area contributed by atoms with Crippen LogP contribution in [0.2, 0.25) is 0 Å². The number of hydrogen-bond donors (Lipinski definition) is 0. The topological polar surface area (TPSA) is 13.1 Å². The van der Waals surface area contributed by atoms with E-state index in [1.165, 1.54) is 70.8 Å². The Labute approximate surface area is 299 Å². The molecule has 0 radical (unpaired) electrons. The molecule has 0 bridgehead atoms. The largest absolute Gasteiger partial charge is 0.456 e. The van der Waals surface area contributed by atoms with Gasteiger partial charge in [-0.1, -0.05) is 186 Å². The van der Waals surface area contributed by atoms with Crippen molar-refractivity contribution < 1.29 is 4.42 Å². The summed E-state index contributed by atoms with van der Waals surface area (Å²) < 4.78 is 6.90. The maximum Gasteiger partial charge on any atom is 0.243 e. The molecule has 9 rings (SSSR count). The van der Waals surface area contributed by atoms with Crippen molar-refractivity contribution in [3.05, 3.63) is 192 Å². The van der Waals surface area contributed by atoms with Crippen LogP contribution in [0.25, 0.3) is 60.5 Å². The van der Waals surface area contributed by atoms with Gasteiger partial charge in [-0.3, -0.25) is 0 Å². The second kappa shape index (κ2) is 12.6. The molecule has 0 atom stereocenters. The number of hydrogen-bond acceptors (Lipinski definition) is 1. The van der Waals surface area contributed by atoms with E-state index in [2.05, 4.69) is 172 Å². The zero-order chi connectivity index (χ0) is 34.5. The number of allylic oxidation sites excluding steroid dienone is 6. The third-order valence-electron chi connectivity index (χ3n) is 10.6. The van der Waals surface area contributed by atoms with Gasteiger partial charge in [-0.2, -0.15) is 0 Å². The standard InChI is InChI=1S/C49H37BO/c1-32-14-5-4-6-23-43-45(29-24-32)51-49-44(31-38-17-9-10-20-40(38)46(43)49)37-18-13-19-39(30-37)50(47-33(2)25-27-35-15-7-11-21-41(35)47)48-34(3)26-28-36-16-8-12-22-42(36)48/h4-22,24-31H,1,23H2,2-3H3/b6-4-,14-5-,29-24?. The summed E-state index contributed by atoms with van der Waals surface area (Å²) in [6, 6.07) is 47.0. The first-order valence-corrected chi connectivity index (χ1v) is 17.8. The Morgan fingerprint density at radius 2 is 1.24 bits per heavy atom. The summed E-state index contributed by atoms with van der Waals surface area (Å²) in [6.45, 7) is 8.75. The maximum absolute atomic E-state index is 6.90. The molecule has 51 heavy (non-hydrogen) atoms. The van der Waals surface area contributed by atoms with Gasteiger partial charge in [0.1, 0.15) is 11.3 Å². The van der Waals surface area contributed by atoms with Crippen molar-refractivity contribution >= 4 is 72.5 Å². The fraction of sp³-hybridized carbons (Fsp3) is 0.0612. The van der Waals surface area contributed by atoms with Crippen LogP contribution in [0.5, 0.6) is 0 Å². The first-order valence-electron chi connectivity index (χ1n) is 17.8. The average Bonchev–Trinajstić information content (AvgIpc) is 3.54. The van der Waals surface area contributed by atoms with Crippen LogP contribution in [0.4, 0.5) is 0 Å². The second-order valence-electron chi connectivity index (χ2n) is 13.8. The number of fused-ring (bicyclic) bond motifs is 7. The van der Waals surface area contributed by atoms with Crippen LogP contribution in [0.15, 0.2) is 174 Å². The second-order valence-corrected chi connectivity index (χ2v) is 13.8. The van der Waals surface area contributed by atoms with Crippen LogP contribution in [0.1, 0.15) is 22.5 Å². The van der Waals surface area contributed by atoms with Crippen LogP contribution in [-0.4, -0.2) is 6.71 Å². The minimum absolute atomic E-state index is 0.00834. The summed E-state index contributed by atoms with van der Waals surface area (Å²) in [5.74, 6) is 0.885. The van der Waals surface area contributed by atoms with E-state index in [0.29, 0.717) is 0 Å². The molecule has 0 spiro atoms. The van der Waals surface area contributed by atoms with Crippen LogP contribution in [0, 0.1) is 13.8 Å². The molecule has 1 heterocycles. The number of aryl methyl sites for hydroxylation is 2. The Morgan fingerprint density at radius 3 is 1.94 bits per heavy atom. The predicted octanol–water partition coefficient (Wildman–Crippen LogP) is 10.9. The van der Waals surface area contributed by atoms with Gasteiger partial charge in [-0.05, 0) is 75.9 Å². The maximum atomic E-state index is 6.90. The molecular formula is C49H37BO. The van der Waals surface area contributed by atoms with Gasteiger partial charge in [0.25, 0.3) is 0 Å². The Balaban J connectivity index is 1.33. The number of benzene rings is 7. The SMILES string of the molecule is C=C1C=Cc2oc3c(-c4cccc(B(c5c(C)ccc6ccccc56)c5c(C)ccc6ccccc56)c4)cc4ccccc4c3c2C/C=C\C=C/1. The highest BCUT2D eigenvalue weighted by Crippen LogP contribution is 2.40. The van der Waals surface area contributed by atoms with Gasteiger partial charge in [0.15, 0.2) is 0 Å². The molecule has 1 aliphatic rings. The lowest BCUT2D eigenvalue weighted by Crippen LogP contribution is -2.54. The van der Waals surface area contributed by atoms with Crippen molar-refractivity contribution in [2.24, 2.45) is 0 Å². The number of rotatable bonds is 4. The Kier molecular flexibility index (Phi) is 7.66. The first kappa shape index (κ1) is 30.9. The molecule has 0 aliphatic heterocycles. The zero-order valence-corrected chi connectivity index (χ0v) is 29.0.